The van der Waals surface area contributed by atoms with E-state index in [-0.39, 0.29) is 10.6 Å². The van der Waals surface area contributed by atoms with E-state index in [2.05, 4.69) is 58.6 Å². The van der Waals surface area contributed by atoms with Crippen LogP contribution in [-0.2, 0) is 4.79 Å². The number of nitrogens with zero attached hydrogens (tertiary/aromatic N) is 1. The van der Waals surface area contributed by atoms with Crippen molar-refractivity contribution in [2.45, 2.75) is 52.5 Å². The summed E-state index contributed by atoms with van der Waals surface area (Å²) >= 11 is 0. The van der Waals surface area contributed by atoms with Crippen molar-refractivity contribution in [2.24, 2.45) is 5.41 Å². The molecule has 1 heterocycles. The van der Waals surface area contributed by atoms with Gasteiger partial charge >= 0.3 is 5.97 Å². The fraction of sp³-hybridized carbons (Fsp3) is 0.588. The molecule has 1 aromatic carbocycles. The third-order valence-corrected chi connectivity index (χ3v) is 6.91. The van der Waals surface area contributed by atoms with E-state index in [1.165, 1.54) is 5.30 Å². The Labute approximate surface area is 129 Å². The topological polar surface area (TPSA) is 40.5 Å². The minimum atomic E-state index is -0.771. The van der Waals surface area contributed by atoms with Crippen molar-refractivity contribution in [3.05, 3.63) is 24.3 Å². The molecule has 116 valence electrons. The molecule has 1 N–H and O–H groups in total. The largest absolute Gasteiger partial charge is 0.479 e. The Morgan fingerprint density at radius 2 is 1.76 bits per heavy atom. The van der Waals surface area contributed by atoms with Gasteiger partial charge in [-0.1, -0.05) is 59.7 Å². The van der Waals surface area contributed by atoms with Gasteiger partial charge in [0.2, 0.25) is 0 Å². The molecule has 0 fully saturated rings. The number of anilines is 1. The SMILES string of the molecule is CC(C)(C)CN1c2ccccc2P(C(C)(C)C)C1C(=O)O. The van der Waals surface area contributed by atoms with Crippen molar-refractivity contribution in [3.8, 4) is 0 Å². The zero-order valence-corrected chi connectivity index (χ0v) is 14.7. The molecule has 0 aromatic heterocycles. The van der Waals surface area contributed by atoms with Gasteiger partial charge in [-0.15, -0.1) is 0 Å². The number of fused-ring (bicyclic) bond motifs is 1. The Morgan fingerprint density at radius 3 is 2.24 bits per heavy atom. The first-order valence-electron chi connectivity index (χ1n) is 7.40. The highest BCUT2D eigenvalue weighted by molar-refractivity contribution is 7.69. The lowest BCUT2D eigenvalue weighted by Gasteiger charge is -2.36. The normalized spacial score (nSPS) is 22.3. The van der Waals surface area contributed by atoms with Crippen LogP contribution in [0.1, 0.15) is 41.5 Å². The quantitative estimate of drug-likeness (QED) is 0.843. The van der Waals surface area contributed by atoms with Crippen LogP contribution < -0.4 is 10.2 Å². The van der Waals surface area contributed by atoms with Gasteiger partial charge in [-0.2, -0.15) is 0 Å². The molecule has 0 radical (unpaired) electrons. The predicted octanol–water partition coefficient (Wildman–Crippen LogP) is 3.87. The Bertz CT molecular complexity index is 542. The van der Waals surface area contributed by atoms with Crippen LogP contribution in [-0.4, -0.2) is 28.6 Å². The molecule has 2 rings (SSSR count). The molecular formula is C17H26NO2P. The van der Waals surface area contributed by atoms with Crippen molar-refractivity contribution < 1.29 is 9.90 Å². The highest BCUT2D eigenvalue weighted by Gasteiger charge is 2.48. The number of hydrogen-bond donors (Lipinski definition) is 1. The number of para-hydroxylation sites is 1. The molecule has 0 amide bonds. The van der Waals surface area contributed by atoms with Crippen LogP contribution in [0.5, 0.6) is 0 Å². The van der Waals surface area contributed by atoms with Crippen molar-refractivity contribution >= 4 is 24.9 Å². The summed E-state index contributed by atoms with van der Waals surface area (Å²) in [6.07, 6.45) is 0. The predicted molar refractivity (Wildman–Crippen MR) is 91.0 cm³/mol. The van der Waals surface area contributed by atoms with Crippen LogP contribution in [0.4, 0.5) is 5.69 Å². The summed E-state index contributed by atoms with van der Waals surface area (Å²) in [5.74, 6) is -1.12. The molecule has 4 heteroatoms. The van der Waals surface area contributed by atoms with Gasteiger partial charge in [-0.05, 0) is 24.6 Å². The summed E-state index contributed by atoms with van der Waals surface area (Å²) in [5, 5.41) is 11.1. The second-order valence-corrected chi connectivity index (χ2v) is 11.0. The van der Waals surface area contributed by atoms with E-state index >= 15 is 0 Å². The first-order chi connectivity index (χ1) is 9.52. The van der Waals surface area contributed by atoms with Crippen LogP contribution in [0, 0.1) is 5.41 Å². The number of benzene rings is 1. The Morgan fingerprint density at radius 1 is 1.19 bits per heavy atom. The number of carbonyl (C=O) groups is 1. The minimum Gasteiger partial charge on any atom is -0.479 e. The highest BCUT2D eigenvalue weighted by atomic mass is 31.1. The van der Waals surface area contributed by atoms with Gasteiger partial charge in [0.05, 0.1) is 0 Å². The van der Waals surface area contributed by atoms with Crippen molar-refractivity contribution in [1.82, 2.24) is 0 Å². The standard InChI is InChI=1S/C17H26NO2P/c1-16(2,3)11-18-12-9-7-8-10-13(12)21(17(4,5)6)14(18)15(19)20/h7-10,14H,11H2,1-6H3,(H,19,20). The van der Waals surface area contributed by atoms with Gasteiger partial charge in [-0.3, -0.25) is 0 Å². The second-order valence-electron chi connectivity index (χ2n) is 7.93. The lowest BCUT2D eigenvalue weighted by molar-refractivity contribution is -0.136. The molecule has 2 unspecified atom stereocenters. The van der Waals surface area contributed by atoms with E-state index in [4.69, 9.17) is 0 Å². The van der Waals surface area contributed by atoms with Crippen molar-refractivity contribution in [2.75, 3.05) is 11.4 Å². The molecule has 1 aromatic rings. The number of rotatable bonds is 2. The van der Waals surface area contributed by atoms with Crippen LogP contribution in [0.15, 0.2) is 24.3 Å². The molecule has 0 saturated heterocycles. The van der Waals surface area contributed by atoms with Gasteiger partial charge in [0.1, 0.15) is 0 Å². The Kier molecular flexibility index (Phi) is 4.10. The second kappa shape index (κ2) is 5.28. The van der Waals surface area contributed by atoms with E-state index in [1.807, 2.05) is 12.1 Å². The highest BCUT2D eigenvalue weighted by Crippen LogP contribution is 2.60. The third-order valence-electron chi connectivity index (χ3n) is 3.58. The number of aliphatic carboxylic acids is 1. The van der Waals surface area contributed by atoms with Crippen LogP contribution >= 0.6 is 7.92 Å². The van der Waals surface area contributed by atoms with Crippen molar-refractivity contribution in [1.29, 1.82) is 0 Å². The van der Waals surface area contributed by atoms with E-state index in [9.17, 15) is 9.90 Å². The molecule has 1 aliphatic rings. The summed E-state index contributed by atoms with van der Waals surface area (Å²) in [6, 6.07) is 8.23. The molecule has 3 nitrogen and oxygen atoms in total. The van der Waals surface area contributed by atoms with E-state index in [0.29, 0.717) is 0 Å². The molecule has 0 aliphatic carbocycles. The number of carboxylic acid groups (broad SMARTS) is 1. The maximum Gasteiger partial charge on any atom is 0.331 e. The molecule has 0 saturated carbocycles. The first-order valence-corrected chi connectivity index (χ1v) is 8.81. The average Bonchev–Trinajstić information content (AvgIpc) is 2.62. The minimum absolute atomic E-state index is 0.0267. The van der Waals surface area contributed by atoms with E-state index in [0.717, 1.165) is 12.2 Å². The molecule has 0 spiro atoms. The summed E-state index contributed by atoms with van der Waals surface area (Å²) in [6.45, 7) is 13.7. The zero-order valence-electron chi connectivity index (χ0n) is 13.8. The van der Waals surface area contributed by atoms with Gasteiger partial charge in [-0.25, -0.2) is 4.79 Å². The van der Waals surface area contributed by atoms with Gasteiger partial charge in [0.15, 0.2) is 5.78 Å². The first kappa shape index (κ1) is 16.3. The fourth-order valence-electron chi connectivity index (χ4n) is 2.97. The lowest BCUT2D eigenvalue weighted by Crippen LogP contribution is -2.43. The zero-order chi connectivity index (χ0) is 16.0. The van der Waals surface area contributed by atoms with Crippen LogP contribution in [0.3, 0.4) is 0 Å². The third kappa shape index (κ3) is 3.23. The smallest absolute Gasteiger partial charge is 0.331 e. The molecule has 1 aliphatic heterocycles. The van der Waals surface area contributed by atoms with E-state index < -0.39 is 19.7 Å². The average molecular weight is 307 g/mol. The maximum absolute atomic E-state index is 12.0. The van der Waals surface area contributed by atoms with Crippen LogP contribution in [0.2, 0.25) is 0 Å². The fourth-order valence-corrected chi connectivity index (χ4v) is 6.09. The molecule has 0 bridgehead atoms. The summed E-state index contributed by atoms with van der Waals surface area (Å²) in [7, 11) is -0.771. The summed E-state index contributed by atoms with van der Waals surface area (Å²) in [5.41, 5.74) is 1.17. The van der Waals surface area contributed by atoms with E-state index in [1.54, 1.807) is 0 Å². The molecule has 21 heavy (non-hydrogen) atoms. The maximum atomic E-state index is 12.0. The summed E-state index contributed by atoms with van der Waals surface area (Å²) in [4.78, 5) is 14.1. The van der Waals surface area contributed by atoms with Gasteiger partial charge in [0, 0.05) is 17.5 Å². The lowest BCUT2D eigenvalue weighted by atomic mass is 9.95. The van der Waals surface area contributed by atoms with Crippen LogP contribution in [0.25, 0.3) is 0 Å². The Hall–Kier alpha value is -1.08. The van der Waals surface area contributed by atoms with Crippen molar-refractivity contribution in [3.63, 3.8) is 0 Å². The molecular weight excluding hydrogens is 281 g/mol. The van der Waals surface area contributed by atoms with Gasteiger partial charge < -0.3 is 10.0 Å². The number of hydrogen-bond acceptors (Lipinski definition) is 2. The molecule has 2 atom stereocenters. The summed E-state index contributed by atoms with van der Waals surface area (Å²) < 4.78 is 0. The Balaban J connectivity index is 2.56. The number of carboxylic acids is 1. The van der Waals surface area contributed by atoms with Gasteiger partial charge in [0.25, 0.3) is 0 Å². The monoisotopic (exact) mass is 307 g/mol.